The van der Waals surface area contributed by atoms with E-state index < -0.39 is 0 Å². The number of hydrogen-bond donors (Lipinski definition) is 1. The van der Waals surface area contributed by atoms with E-state index in [1.807, 2.05) is 12.1 Å². The van der Waals surface area contributed by atoms with Crippen molar-refractivity contribution in [2.24, 2.45) is 0 Å². The van der Waals surface area contributed by atoms with Gasteiger partial charge in [0.25, 0.3) is 5.91 Å². The van der Waals surface area contributed by atoms with Crippen molar-refractivity contribution in [3.8, 4) is 5.75 Å². The van der Waals surface area contributed by atoms with Gasteiger partial charge in [-0.3, -0.25) is 4.79 Å². The van der Waals surface area contributed by atoms with E-state index in [1.54, 1.807) is 31.6 Å². The number of carbonyl (C=O) groups is 1. The third-order valence-corrected chi connectivity index (χ3v) is 3.20. The maximum Gasteiger partial charge on any atom is 0.258 e. The van der Waals surface area contributed by atoms with Crippen LogP contribution in [0.4, 0.5) is 5.69 Å². The number of hydrogen-bond acceptors (Lipinski definition) is 4. The summed E-state index contributed by atoms with van der Waals surface area (Å²) in [7, 11) is 1.59. The summed E-state index contributed by atoms with van der Waals surface area (Å²) in [4.78, 5) is 20.6. The van der Waals surface area contributed by atoms with Gasteiger partial charge in [-0.05, 0) is 25.0 Å². The van der Waals surface area contributed by atoms with Crippen molar-refractivity contribution in [1.29, 1.82) is 0 Å². The van der Waals surface area contributed by atoms with Crippen LogP contribution in [0.3, 0.4) is 0 Å². The van der Waals surface area contributed by atoms with E-state index in [1.165, 1.54) is 0 Å². The van der Waals surface area contributed by atoms with E-state index in [2.05, 4.69) is 15.3 Å². The van der Waals surface area contributed by atoms with Gasteiger partial charge < -0.3 is 10.1 Å². The molecule has 1 aliphatic rings. The first-order valence-corrected chi connectivity index (χ1v) is 6.53. The molecular formula is C15H15N3O2. The molecule has 1 fully saturated rings. The Labute approximate surface area is 117 Å². The van der Waals surface area contributed by atoms with Crippen LogP contribution in [0.2, 0.25) is 0 Å². The highest BCUT2D eigenvalue weighted by molar-refractivity contribution is 6.03. The predicted octanol–water partition coefficient (Wildman–Crippen LogP) is 2.61. The fraction of sp³-hybridized carbons (Fsp3) is 0.267. The zero-order valence-electron chi connectivity index (χ0n) is 11.2. The molecule has 0 atom stereocenters. The number of ether oxygens (including phenoxy) is 1. The summed E-state index contributed by atoms with van der Waals surface area (Å²) < 4.78 is 5.12. The molecule has 1 N–H and O–H groups in total. The first-order valence-electron chi connectivity index (χ1n) is 6.53. The average Bonchev–Trinajstić information content (AvgIpc) is 3.32. The molecule has 0 saturated heterocycles. The van der Waals surface area contributed by atoms with Crippen molar-refractivity contribution < 1.29 is 9.53 Å². The van der Waals surface area contributed by atoms with Crippen LogP contribution in [-0.2, 0) is 0 Å². The molecule has 0 aliphatic heterocycles. The zero-order chi connectivity index (χ0) is 13.9. The molecule has 1 aromatic carbocycles. The van der Waals surface area contributed by atoms with E-state index in [9.17, 15) is 4.79 Å². The average molecular weight is 269 g/mol. The van der Waals surface area contributed by atoms with Crippen LogP contribution in [0.25, 0.3) is 0 Å². The van der Waals surface area contributed by atoms with Crippen molar-refractivity contribution in [1.82, 2.24) is 9.97 Å². The molecule has 1 aliphatic carbocycles. The number of nitrogens with one attached hydrogen (secondary N) is 1. The fourth-order valence-electron chi connectivity index (χ4n) is 1.91. The first-order chi connectivity index (χ1) is 9.76. The lowest BCUT2D eigenvalue weighted by molar-refractivity contribution is 0.102. The highest BCUT2D eigenvalue weighted by Gasteiger charge is 2.26. The lowest BCUT2D eigenvalue weighted by Gasteiger charge is -2.07. The van der Waals surface area contributed by atoms with E-state index >= 15 is 0 Å². The third kappa shape index (κ3) is 2.77. The molecule has 2 aromatic rings. The Bertz CT molecular complexity index is 621. The summed E-state index contributed by atoms with van der Waals surface area (Å²) in [6, 6.07) is 7.21. The van der Waals surface area contributed by atoms with Crippen LogP contribution in [0.1, 0.15) is 34.9 Å². The molecule has 5 heteroatoms. The summed E-state index contributed by atoms with van der Waals surface area (Å²) >= 11 is 0. The summed E-state index contributed by atoms with van der Waals surface area (Å²) in [5.41, 5.74) is 1.14. The summed E-state index contributed by atoms with van der Waals surface area (Å²) in [6.45, 7) is 0. The first kappa shape index (κ1) is 12.6. The Morgan fingerprint density at radius 2 is 2.05 bits per heavy atom. The van der Waals surface area contributed by atoms with E-state index in [-0.39, 0.29) is 5.91 Å². The molecule has 102 valence electrons. The van der Waals surface area contributed by atoms with E-state index in [0.29, 0.717) is 22.9 Å². The van der Waals surface area contributed by atoms with Gasteiger partial charge in [-0.15, -0.1) is 0 Å². The molecular weight excluding hydrogens is 254 g/mol. The molecule has 3 rings (SSSR count). The number of amides is 1. The van der Waals surface area contributed by atoms with Crippen LogP contribution in [-0.4, -0.2) is 23.0 Å². The van der Waals surface area contributed by atoms with Gasteiger partial charge in [-0.1, -0.05) is 6.07 Å². The normalized spacial score (nSPS) is 13.8. The fourth-order valence-corrected chi connectivity index (χ4v) is 1.91. The molecule has 20 heavy (non-hydrogen) atoms. The van der Waals surface area contributed by atoms with Gasteiger partial charge in [0.1, 0.15) is 11.6 Å². The monoisotopic (exact) mass is 269 g/mol. The number of carbonyl (C=O) groups excluding carboxylic acids is 1. The molecule has 0 radical (unpaired) electrons. The molecule has 1 amide bonds. The van der Waals surface area contributed by atoms with Gasteiger partial charge in [0.15, 0.2) is 0 Å². The van der Waals surface area contributed by atoms with Gasteiger partial charge in [-0.2, -0.15) is 0 Å². The van der Waals surface area contributed by atoms with Gasteiger partial charge in [-0.25, -0.2) is 9.97 Å². The largest absolute Gasteiger partial charge is 0.497 e. The van der Waals surface area contributed by atoms with Crippen LogP contribution in [0, 0.1) is 0 Å². The van der Waals surface area contributed by atoms with Gasteiger partial charge in [0, 0.05) is 30.1 Å². The number of rotatable bonds is 4. The van der Waals surface area contributed by atoms with Crippen molar-refractivity contribution in [2.45, 2.75) is 18.8 Å². The van der Waals surface area contributed by atoms with Gasteiger partial charge in [0.05, 0.1) is 12.7 Å². The number of nitrogens with zero attached hydrogens (tertiary/aromatic N) is 2. The molecule has 0 spiro atoms. The highest BCUT2D eigenvalue weighted by Crippen LogP contribution is 2.37. The number of benzene rings is 1. The number of methoxy groups -OCH3 is 1. The minimum absolute atomic E-state index is 0.222. The minimum atomic E-state index is -0.222. The minimum Gasteiger partial charge on any atom is -0.497 e. The maximum atomic E-state index is 12.1. The Morgan fingerprint density at radius 1 is 1.30 bits per heavy atom. The van der Waals surface area contributed by atoms with E-state index in [0.717, 1.165) is 18.7 Å². The summed E-state index contributed by atoms with van der Waals surface area (Å²) in [5.74, 6) is 1.80. The van der Waals surface area contributed by atoms with Crippen molar-refractivity contribution in [3.63, 3.8) is 0 Å². The standard InChI is InChI=1S/C15H15N3O2/c1-20-13-4-2-3-12(7-13)18-15(19)11-8-16-14(17-9-11)10-5-6-10/h2-4,7-10H,5-6H2,1H3,(H,18,19). The number of aromatic nitrogens is 2. The molecule has 1 saturated carbocycles. The molecule has 5 nitrogen and oxygen atoms in total. The van der Waals surface area contributed by atoms with E-state index in [4.69, 9.17) is 4.74 Å². The zero-order valence-corrected chi connectivity index (χ0v) is 11.2. The summed E-state index contributed by atoms with van der Waals surface area (Å²) in [5, 5.41) is 2.80. The van der Waals surface area contributed by atoms with Crippen LogP contribution >= 0.6 is 0 Å². The Hall–Kier alpha value is -2.43. The van der Waals surface area contributed by atoms with Crippen molar-refractivity contribution in [3.05, 3.63) is 48.0 Å². The predicted molar refractivity (Wildman–Crippen MR) is 75.0 cm³/mol. The molecule has 0 unspecified atom stereocenters. The quantitative estimate of drug-likeness (QED) is 0.926. The van der Waals surface area contributed by atoms with Crippen LogP contribution in [0.15, 0.2) is 36.7 Å². The second-order valence-corrected chi connectivity index (χ2v) is 4.79. The van der Waals surface area contributed by atoms with Crippen LogP contribution in [0.5, 0.6) is 5.75 Å². The lowest BCUT2D eigenvalue weighted by Crippen LogP contribution is -2.13. The highest BCUT2D eigenvalue weighted by atomic mass is 16.5. The Balaban J connectivity index is 1.71. The molecule has 1 aromatic heterocycles. The topological polar surface area (TPSA) is 64.1 Å². The Kier molecular flexibility index (Phi) is 3.33. The summed E-state index contributed by atoms with van der Waals surface area (Å²) in [6.07, 6.45) is 5.46. The lowest BCUT2D eigenvalue weighted by atomic mass is 10.2. The second-order valence-electron chi connectivity index (χ2n) is 4.79. The van der Waals surface area contributed by atoms with Crippen molar-refractivity contribution >= 4 is 11.6 Å². The van der Waals surface area contributed by atoms with Crippen molar-refractivity contribution in [2.75, 3.05) is 12.4 Å². The van der Waals surface area contributed by atoms with Gasteiger partial charge >= 0.3 is 0 Å². The molecule has 0 bridgehead atoms. The smallest absolute Gasteiger partial charge is 0.258 e. The van der Waals surface area contributed by atoms with Crippen LogP contribution < -0.4 is 10.1 Å². The maximum absolute atomic E-state index is 12.1. The molecule has 1 heterocycles. The second kappa shape index (κ2) is 5.28. The third-order valence-electron chi connectivity index (χ3n) is 3.20. The van der Waals surface area contributed by atoms with Gasteiger partial charge in [0.2, 0.25) is 0 Å². The Morgan fingerprint density at radius 3 is 2.70 bits per heavy atom. The SMILES string of the molecule is COc1cccc(NC(=O)c2cnc(C3CC3)nc2)c1. The number of anilines is 1.